The Hall–Kier alpha value is -2.29. The summed E-state index contributed by atoms with van der Waals surface area (Å²) in [4.78, 5) is 11.3. The van der Waals surface area contributed by atoms with Crippen molar-refractivity contribution in [2.75, 3.05) is 11.9 Å². The van der Waals surface area contributed by atoms with Gasteiger partial charge in [-0.25, -0.2) is 0 Å². The smallest absolute Gasteiger partial charge is 0.262 e. The molecule has 2 aromatic rings. The predicted octanol–water partition coefficient (Wildman–Crippen LogP) is 3.11. The minimum atomic E-state index is -0.0895. The molecule has 2 aromatic carbocycles. The van der Waals surface area contributed by atoms with E-state index in [1.807, 2.05) is 12.1 Å². The zero-order chi connectivity index (χ0) is 13.9. The fourth-order valence-corrected chi connectivity index (χ4v) is 2.44. The first-order chi connectivity index (χ1) is 9.70. The Morgan fingerprint density at radius 1 is 1.10 bits per heavy atom. The number of carbonyl (C=O) groups is 1. The van der Waals surface area contributed by atoms with Crippen molar-refractivity contribution in [3.05, 3.63) is 59.2 Å². The number of amides is 1. The van der Waals surface area contributed by atoms with Crippen LogP contribution in [0.15, 0.2) is 42.5 Å². The van der Waals surface area contributed by atoms with Crippen molar-refractivity contribution in [3.63, 3.8) is 0 Å². The molecule has 0 bridgehead atoms. The highest BCUT2D eigenvalue weighted by atomic mass is 16.5. The van der Waals surface area contributed by atoms with E-state index < -0.39 is 0 Å². The molecule has 0 atom stereocenters. The molecule has 3 nitrogen and oxygen atoms in total. The number of fused-ring (bicyclic) bond motifs is 1. The second-order valence-electron chi connectivity index (χ2n) is 5.16. The van der Waals surface area contributed by atoms with E-state index in [2.05, 4.69) is 42.6 Å². The topological polar surface area (TPSA) is 38.3 Å². The third-order valence-corrected chi connectivity index (χ3v) is 3.46. The Labute approximate surface area is 118 Å². The molecule has 3 rings (SSSR count). The van der Waals surface area contributed by atoms with Crippen molar-refractivity contribution < 1.29 is 9.53 Å². The molecule has 1 aliphatic rings. The lowest BCUT2D eigenvalue weighted by Gasteiger charge is -2.18. The van der Waals surface area contributed by atoms with Crippen LogP contribution in [0.3, 0.4) is 0 Å². The van der Waals surface area contributed by atoms with Crippen molar-refractivity contribution in [2.45, 2.75) is 19.8 Å². The van der Waals surface area contributed by atoms with Gasteiger partial charge in [-0.1, -0.05) is 35.9 Å². The van der Waals surface area contributed by atoms with Gasteiger partial charge in [-0.15, -0.1) is 0 Å². The van der Waals surface area contributed by atoms with Gasteiger partial charge in [0.1, 0.15) is 5.75 Å². The number of rotatable bonds is 3. The van der Waals surface area contributed by atoms with E-state index in [9.17, 15) is 4.79 Å². The Morgan fingerprint density at radius 2 is 1.90 bits per heavy atom. The Kier molecular flexibility index (Phi) is 3.42. The summed E-state index contributed by atoms with van der Waals surface area (Å²) in [6.07, 6.45) is 1.95. The summed E-state index contributed by atoms with van der Waals surface area (Å²) in [7, 11) is 0. The first-order valence-electron chi connectivity index (χ1n) is 6.82. The zero-order valence-corrected chi connectivity index (χ0v) is 11.5. The maximum absolute atomic E-state index is 11.3. The number of aryl methyl sites for hydroxylation is 3. The molecule has 1 N–H and O–H groups in total. The summed E-state index contributed by atoms with van der Waals surface area (Å²) >= 11 is 0. The lowest BCUT2D eigenvalue weighted by atomic mass is 10.0. The van der Waals surface area contributed by atoms with E-state index >= 15 is 0 Å². The predicted molar refractivity (Wildman–Crippen MR) is 79.2 cm³/mol. The van der Waals surface area contributed by atoms with E-state index in [1.165, 1.54) is 16.7 Å². The largest absolute Gasteiger partial charge is 0.482 e. The number of anilines is 1. The lowest BCUT2D eigenvalue weighted by molar-refractivity contribution is -0.118. The first kappa shape index (κ1) is 12.7. The van der Waals surface area contributed by atoms with Crippen molar-refractivity contribution in [1.29, 1.82) is 0 Å². The van der Waals surface area contributed by atoms with Crippen molar-refractivity contribution in [2.24, 2.45) is 0 Å². The van der Waals surface area contributed by atoms with Crippen molar-refractivity contribution in [1.82, 2.24) is 0 Å². The molecule has 1 heterocycles. The molecular formula is C17H17NO2. The van der Waals surface area contributed by atoms with Crippen LogP contribution in [0.25, 0.3) is 0 Å². The van der Waals surface area contributed by atoms with E-state index in [0.717, 1.165) is 24.3 Å². The molecule has 0 fully saturated rings. The summed E-state index contributed by atoms with van der Waals surface area (Å²) in [5.74, 6) is 0.664. The molecule has 1 aliphatic heterocycles. The number of ether oxygens (including phenoxy) is 1. The Morgan fingerprint density at radius 3 is 2.70 bits per heavy atom. The van der Waals surface area contributed by atoms with Gasteiger partial charge in [0.15, 0.2) is 6.61 Å². The minimum absolute atomic E-state index is 0.0895. The fourth-order valence-electron chi connectivity index (χ4n) is 2.44. The molecule has 0 unspecified atom stereocenters. The van der Waals surface area contributed by atoms with E-state index in [-0.39, 0.29) is 12.5 Å². The summed E-state index contributed by atoms with van der Waals surface area (Å²) in [5.41, 5.74) is 4.61. The normalized spacial score (nSPS) is 13.3. The second-order valence-corrected chi connectivity index (χ2v) is 5.16. The summed E-state index contributed by atoms with van der Waals surface area (Å²) < 4.78 is 5.36. The number of nitrogens with one attached hydrogen (secondary N) is 1. The average Bonchev–Trinajstić information content (AvgIpc) is 2.45. The maximum atomic E-state index is 11.3. The third-order valence-electron chi connectivity index (χ3n) is 3.46. The van der Waals surface area contributed by atoms with E-state index in [1.54, 1.807) is 0 Å². The number of carbonyl (C=O) groups excluding carboxylic acids is 1. The van der Waals surface area contributed by atoms with Crippen LogP contribution in [0, 0.1) is 6.92 Å². The SMILES string of the molecule is Cc1cccc(CCc2ccc3c(c2)NC(=O)CO3)c1. The van der Waals surface area contributed by atoms with Crippen LogP contribution in [0.2, 0.25) is 0 Å². The van der Waals surface area contributed by atoms with Crippen LogP contribution in [-0.2, 0) is 17.6 Å². The zero-order valence-electron chi connectivity index (χ0n) is 11.5. The quantitative estimate of drug-likeness (QED) is 0.928. The van der Waals surface area contributed by atoms with Gasteiger partial charge >= 0.3 is 0 Å². The molecule has 3 heteroatoms. The molecule has 0 aliphatic carbocycles. The van der Waals surface area contributed by atoms with Gasteiger partial charge in [0.2, 0.25) is 0 Å². The van der Waals surface area contributed by atoms with Crippen LogP contribution in [0.1, 0.15) is 16.7 Å². The number of hydrogen-bond donors (Lipinski definition) is 1. The molecular weight excluding hydrogens is 250 g/mol. The Bertz CT molecular complexity index is 649. The van der Waals surface area contributed by atoms with Gasteiger partial charge in [-0.05, 0) is 43.0 Å². The summed E-state index contributed by atoms with van der Waals surface area (Å²) in [6, 6.07) is 14.6. The molecule has 0 spiro atoms. The number of hydrogen-bond acceptors (Lipinski definition) is 2. The fraction of sp³-hybridized carbons (Fsp3) is 0.235. The van der Waals surface area contributed by atoms with E-state index in [0.29, 0.717) is 0 Å². The van der Waals surface area contributed by atoms with Gasteiger partial charge in [-0.3, -0.25) is 4.79 Å². The molecule has 0 saturated carbocycles. The van der Waals surface area contributed by atoms with Crippen LogP contribution < -0.4 is 10.1 Å². The Balaban J connectivity index is 1.72. The summed E-state index contributed by atoms with van der Waals surface area (Å²) in [5, 5.41) is 2.84. The lowest BCUT2D eigenvalue weighted by Crippen LogP contribution is -2.25. The molecule has 1 amide bonds. The van der Waals surface area contributed by atoms with Gasteiger partial charge < -0.3 is 10.1 Å². The molecule has 102 valence electrons. The van der Waals surface area contributed by atoms with Gasteiger partial charge in [-0.2, -0.15) is 0 Å². The average molecular weight is 267 g/mol. The van der Waals surface area contributed by atoms with Crippen LogP contribution >= 0.6 is 0 Å². The molecule has 0 radical (unpaired) electrons. The standard InChI is InChI=1S/C17H17NO2/c1-12-3-2-4-13(9-12)5-6-14-7-8-16-15(10-14)18-17(19)11-20-16/h2-4,7-10H,5-6,11H2,1H3,(H,18,19). The van der Waals surface area contributed by atoms with Gasteiger partial charge in [0, 0.05) is 0 Å². The number of benzene rings is 2. The van der Waals surface area contributed by atoms with E-state index in [4.69, 9.17) is 4.74 Å². The molecule has 20 heavy (non-hydrogen) atoms. The molecule has 0 saturated heterocycles. The van der Waals surface area contributed by atoms with Crippen LogP contribution in [0.4, 0.5) is 5.69 Å². The first-order valence-corrected chi connectivity index (χ1v) is 6.82. The monoisotopic (exact) mass is 267 g/mol. The second kappa shape index (κ2) is 5.37. The van der Waals surface area contributed by atoms with Gasteiger partial charge in [0.05, 0.1) is 5.69 Å². The highest BCUT2D eigenvalue weighted by Gasteiger charge is 2.15. The van der Waals surface area contributed by atoms with Crippen molar-refractivity contribution >= 4 is 11.6 Å². The van der Waals surface area contributed by atoms with Crippen LogP contribution in [0.5, 0.6) is 5.75 Å². The highest BCUT2D eigenvalue weighted by Crippen LogP contribution is 2.28. The third kappa shape index (κ3) is 2.82. The highest BCUT2D eigenvalue weighted by molar-refractivity contribution is 5.95. The van der Waals surface area contributed by atoms with Crippen LogP contribution in [-0.4, -0.2) is 12.5 Å². The summed E-state index contributed by atoms with van der Waals surface area (Å²) in [6.45, 7) is 2.21. The maximum Gasteiger partial charge on any atom is 0.262 e. The minimum Gasteiger partial charge on any atom is -0.482 e. The van der Waals surface area contributed by atoms with Crippen molar-refractivity contribution in [3.8, 4) is 5.75 Å². The molecule has 0 aromatic heterocycles. The van der Waals surface area contributed by atoms with Gasteiger partial charge in [0.25, 0.3) is 5.91 Å².